The quantitative estimate of drug-likeness (QED) is 0.119. The maximum absolute atomic E-state index is 13.4. The van der Waals surface area contributed by atoms with Gasteiger partial charge in [0, 0.05) is 29.3 Å². The number of ether oxygens (including phenoxy) is 2. The number of amides is 3. The van der Waals surface area contributed by atoms with Crippen LogP contribution >= 0.6 is 0 Å². The molecule has 11 nitrogen and oxygen atoms in total. The van der Waals surface area contributed by atoms with E-state index in [1.165, 1.54) is 31.2 Å². The Morgan fingerprint density at radius 1 is 1.05 bits per heavy atom. The number of carbonyl (C=O) groups excluding carboxylic acids is 4. The molecule has 0 spiro atoms. The van der Waals surface area contributed by atoms with E-state index >= 15 is 0 Å². The molecular formula is C29H29N5O6. The number of anilines is 2. The molecule has 11 heteroatoms. The van der Waals surface area contributed by atoms with Crippen LogP contribution < -0.4 is 26.4 Å². The van der Waals surface area contributed by atoms with Crippen molar-refractivity contribution in [3.8, 4) is 5.75 Å². The third-order valence-corrected chi connectivity index (χ3v) is 6.29. The zero-order valence-corrected chi connectivity index (χ0v) is 21.9. The fourth-order valence-electron chi connectivity index (χ4n) is 4.03. The molecule has 0 bridgehead atoms. The van der Waals surface area contributed by atoms with Crippen LogP contribution in [0.15, 0.2) is 72.8 Å². The van der Waals surface area contributed by atoms with Crippen LogP contribution in [-0.4, -0.2) is 47.8 Å². The molecule has 1 aliphatic rings. The Morgan fingerprint density at radius 2 is 1.73 bits per heavy atom. The van der Waals surface area contributed by atoms with Gasteiger partial charge in [0.05, 0.1) is 12.3 Å². The van der Waals surface area contributed by atoms with Gasteiger partial charge in [-0.25, -0.2) is 4.79 Å². The monoisotopic (exact) mass is 543 g/mol. The second kappa shape index (κ2) is 11.7. The minimum Gasteiger partial charge on any atom is -0.465 e. The first kappa shape index (κ1) is 27.8. The van der Waals surface area contributed by atoms with Gasteiger partial charge in [0.2, 0.25) is 0 Å². The summed E-state index contributed by atoms with van der Waals surface area (Å²) in [6.07, 6.45) is 0.156. The first-order chi connectivity index (χ1) is 19.1. The number of rotatable bonds is 9. The van der Waals surface area contributed by atoms with Gasteiger partial charge in [0.1, 0.15) is 17.6 Å². The van der Waals surface area contributed by atoms with E-state index in [0.717, 1.165) is 5.56 Å². The minimum atomic E-state index is -2.01. The Morgan fingerprint density at radius 3 is 2.38 bits per heavy atom. The number of nitrogen functional groups attached to an aromatic ring is 1. The molecule has 3 aromatic carbocycles. The Kier molecular flexibility index (Phi) is 8.13. The number of hydrogen-bond donors (Lipinski definition) is 5. The van der Waals surface area contributed by atoms with E-state index in [4.69, 9.17) is 20.6 Å². The smallest absolute Gasteiger partial charge is 0.328 e. The molecule has 0 fully saturated rings. The average Bonchev–Trinajstić information content (AvgIpc) is 2.94. The summed E-state index contributed by atoms with van der Waals surface area (Å²) < 4.78 is 11.0. The first-order valence-corrected chi connectivity index (χ1v) is 12.5. The number of nitrogens with two attached hydrogens (primary N) is 1. The van der Waals surface area contributed by atoms with E-state index in [9.17, 15) is 19.2 Å². The van der Waals surface area contributed by atoms with Gasteiger partial charge in [-0.2, -0.15) is 0 Å². The van der Waals surface area contributed by atoms with E-state index in [0.29, 0.717) is 22.5 Å². The van der Waals surface area contributed by atoms with Gasteiger partial charge in [-0.15, -0.1) is 0 Å². The fraction of sp³-hybridized carbons (Fsp3) is 0.207. The molecule has 3 amide bonds. The van der Waals surface area contributed by atoms with Crippen LogP contribution in [0.4, 0.5) is 11.4 Å². The largest absolute Gasteiger partial charge is 0.465 e. The van der Waals surface area contributed by atoms with Crippen LogP contribution in [0, 0.1) is 5.41 Å². The van der Waals surface area contributed by atoms with E-state index in [2.05, 4.69) is 16.0 Å². The maximum Gasteiger partial charge on any atom is 0.328 e. The SMILES string of the molecule is CCOC(=O)C(Cc1ccccc1)NC(=O)C1(C)Oc2cc(NC(=O)c3ccc(C(=N)N)cc3)ccc2NC1=O. The van der Waals surface area contributed by atoms with Gasteiger partial charge < -0.3 is 31.2 Å². The number of carbonyl (C=O) groups is 4. The lowest BCUT2D eigenvalue weighted by molar-refractivity contribution is -0.153. The van der Waals surface area contributed by atoms with E-state index in [1.807, 2.05) is 30.3 Å². The molecule has 6 N–H and O–H groups in total. The predicted octanol–water partition coefficient (Wildman–Crippen LogP) is 2.60. The molecule has 1 heterocycles. The topological polar surface area (TPSA) is 173 Å². The van der Waals surface area contributed by atoms with Crippen molar-refractivity contribution in [2.45, 2.75) is 31.9 Å². The molecule has 1 aliphatic heterocycles. The van der Waals surface area contributed by atoms with Gasteiger partial charge in [0.25, 0.3) is 23.3 Å². The Labute approximate surface area is 230 Å². The number of benzene rings is 3. The van der Waals surface area contributed by atoms with Crippen LogP contribution in [0.1, 0.15) is 35.3 Å². The normalized spacial score (nSPS) is 16.4. The van der Waals surface area contributed by atoms with Crippen molar-refractivity contribution in [1.82, 2.24) is 5.32 Å². The Bertz CT molecular complexity index is 1460. The fourth-order valence-corrected chi connectivity index (χ4v) is 4.03. The predicted molar refractivity (Wildman–Crippen MR) is 148 cm³/mol. The second-order valence-electron chi connectivity index (χ2n) is 9.21. The maximum atomic E-state index is 13.4. The molecular weight excluding hydrogens is 514 g/mol. The highest BCUT2D eigenvalue weighted by Gasteiger charge is 2.48. The van der Waals surface area contributed by atoms with E-state index in [1.54, 1.807) is 25.1 Å². The van der Waals surface area contributed by atoms with Gasteiger partial charge in [-0.05, 0) is 43.7 Å². The standard InChI is InChI=1S/C29H29N5O6/c1-3-39-26(36)22(15-17-7-5-4-6-8-17)34-28(38)29(2)27(37)33-21-14-13-20(16-23(21)40-29)32-25(35)19-11-9-18(10-12-19)24(30)31/h4-14,16,22H,3,15H2,1-2H3,(H3,30,31)(H,32,35)(H,33,37)(H,34,38). The summed E-state index contributed by atoms with van der Waals surface area (Å²) in [5.74, 6) is -2.57. The molecule has 2 atom stereocenters. The summed E-state index contributed by atoms with van der Waals surface area (Å²) >= 11 is 0. The summed E-state index contributed by atoms with van der Waals surface area (Å²) in [6, 6.07) is 18.8. The van der Waals surface area contributed by atoms with Crippen molar-refractivity contribution in [3.05, 3.63) is 89.5 Å². The number of fused-ring (bicyclic) bond motifs is 1. The van der Waals surface area contributed by atoms with Crippen LogP contribution in [0.25, 0.3) is 0 Å². The summed E-state index contributed by atoms with van der Waals surface area (Å²) in [7, 11) is 0. The third kappa shape index (κ3) is 6.09. The van der Waals surface area contributed by atoms with E-state index in [-0.39, 0.29) is 24.6 Å². The molecule has 0 radical (unpaired) electrons. The highest BCUT2D eigenvalue weighted by Crippen LogP contribution is 2.36. The van der Waals surface area contributed by atoms with Crippen LogP contribution in [0.3, 0.4) is 0 Å². The summed E-state index contributed by atoms with van der Waals surface area (Å²) in [4.78, 5) is 51.7. The van der Waals surface area contributed by atoms with Gasteiger partial charge in [-0.3, -0.25) is 19.8 Å². The van der Waals surface area contributed by atoms with E-state index < -0.39 is 35.3 Å². The molecule has 2 unspecified atom stereocenters. The summed E-state index contributed by atoms with van der Waals surface area (Å²) in [5.41, 5.74) is 5.73. The molecule has 4 rings (SSSR count). The van der Waals surface area contributed by atoms with Crippen molar-refractivity contribution in [2.24, 2.45) is 5.73 Å². The highest BCUT2D eigenvalue weighted by molar-refractivity contribution is 6.16. The van der Waals surface area contributed by atoms with Gasteiger partial charge in [-0.1, -0.05) is 42.5 Å². The number of esters is 1. The summed E-state index contributed by atoms with van der Waals surface area (Å²) in [5, 5.41) is 15.5. The zero-order valence-electron chi connectivity index (χ0n) is 21.9. The molecule has 0 saturated carbocycles. The minimum absolute atomic E-state index is 0.110. The van der Waals surface area contributed by atoms with Gasteiger partial charge in [0.15, 0.2) is 0 Å². The average molecular weight is 544 g/mol. The molecule has 40 heavy (non-hydrogen) atoms. The Balaban J connectivity index is 1.51. The van der Waals surface area contributed by atoms with Crippen molar-refractivity contribution in [2.75, 3.05) is 17.2 Å². The molecule has 0 aromatic heterocycles. The van der Waals surface area contributed by atoms with Crippen LogP contribution in [0.2, 0.25) is 0 Å². The third-order valence-electron chi connectivity index (χ3n) is 6.29. The van der Waals surface area contributed by atoms with Crippen molar-refractivity contribution < 1.29 is 28.7 Å². The van der Waals surface area contributed by atoms with Crippen molar-refractivity contribution in [3.63, 3.8) is 0 Å². The first-order valence-electron chi connectivity index (χ1n) is 12.5. The van der Waals surface area contributed by atoms with Crippen molar-refractivity contribution >= 4 is 40.9 Å². The van der Waals surface area contributed by atoms with Gasteiger partial charge >= 0.3 is 5.97 Å². The number of nitrogens with one attached hydrogen (secondary N) is 4. The summed E-state index contributed by atoms with van der Waals surface area (Å²) in [6.45, 7) is 3.08. The second-order valence-corrected chi connectivity index (χ2v) is 9.21. The van der Waals surface area contributed by atoms with Crippen molar-refractivity contribution in [1.29, 1.82) is 5.41 Å². The van der Waals surface area contributed by atoms with Crippen LogP contribution in [0.5, 0.6) is 5.75 Å². The lowest BCUT2D eigenvalue weighted by Gasteiger charge is -2.34. The zero-order chi connectivity index (χ0) is 28.9. The lowest BCUT2D eigenvalue weighted by Crippen LogP contribution is -2.61. The molecule has 206 valence electrons. The lowest BCUT2D eigenvalue weighted by atomic mass is 9.99. The highest BCUT2D eigenvalue weighted by atomic mass is 16.5. The Hall–Kier alpha value is -5.19. The van der Waals surface area contributed by atoms with Crippen LogP contribution in [-0.2, 0) is 25.5 Å². The molecule has 0 saturated heterocycles. The number of amidine groups is 1. The molecule has 0 aliphatic carbocycles. The molecule has 3 aromatic rings. The number of hydrogen-bond acceptors (Lipinski definition) is 7.